The van der Waals surface area contributed by atoms with Crippen LogP contribution in [0.25, 0.3) is 0 Å². The van der Waals surface area contributed by atoms with Gasteiger partial charge in [-0.3, -0.25) is 0 Å². The average Bonchev–Trinajstić information content (AvgIpc) is 2.35. The summed E-state index contributed by atoms with van der Waals surface area (Å²) >= 11 is 0. The molecule has 0 aromatic heterocycles. The van der Waals surface area contributed by atoms with E-state index in [0.717, 1.165) is 0 Å². The van der Waals surface area contributed by atoms with Gasteiger partial charge in [0.15, 0.2) is 0 Å². The molecular weight excluding hydrogens is 220 g/mol. The van der Waals surface area contributed by atoms with Gasteiger partial charge in [0.05, 0.1) is 0 Å². The highest BCUT2D eigenvalue weighted by atomic mass is 15.2. The summed E-state index contributed by atoms with van der Waals surface area (Å²) in [5.41, 5.74) is 0. The molecule has 0 atom stereocenters. The minimum absolute atomic E-state index is 0.519. The Bertz CT molecular complexity index is 267. The molecule has 0 unspecified atom stereocenters. The monoisotopic (exact) mass is 250 g/mol. The predicted octanol–water partition coefficient (Wildman–Crippen LogP) is 2.70. The van der Waals surface area contributed by atoms with Crippen LogP contribution in [-0.4, -0.2) is 49.6 Å². The first kappa shape index (κ1) is 15.5. The number of likely N-dealkylation sites (tertiary alicyclic amines) is 1. The summed E-state index contributed by atoms with van der Waals surface area (Å²) in [5, 5.41) is 0. The van der Waals surface area contributed by atoms with Crippen molar-refractivity contribution in [1.29, 1.82) is 0 Å². The topological polar surface area (TPSA) is 6.48 Å². The molecule has 1 aliphatic rings. The van der Waals surface area contributed by atoms with Gasteiger partial charge in [-0.05, 0) is 45.9 Å². The van der Waals surface area contributed by atoms with Crippen molar-refractivity contribution in [3.8, 4) is 11.8 Å². The van der Waals surface area contributed by atoms with Crippen LogP contribution in [-0.2, 0) is 0 Å². The first-order chi connectivity index (χ1) is 8.61. The second-order valence-electron chi connectivity index (χ2n) is 5.86. The third-order valence-corrected chi connectivity index (χ3v) is 3.57. The van der Waals surface area contributed by atoms with Crippen LogP contribution in [0.4, 0.5) is 0 Å². The maximum atomic E-state index is 3.44. The summed E-state index contributed by atoms with van der Waals surface area (Å²) in [6.07, 6.45) is 3.78. The lowest BCUT2D eigenvalue weighted by atomic mass is 9.97. The molecule has 0 aromatic rings. The molecule has 0 aromatic carbocycles. The highest BCUT2D eigenvalue weighted by molar-refractivity contribution is 5.06. The van der Waals surface area contributed by atoms with Gasteiger partial charge in [-0.25, -0.2) is 0 Å². The van der Waals surface area contributed by atoms with E-state index in [0.29, 0.717) is 11.8 Å². The zero-order valence-electron chi connectivity index (χ0n) is 12.7. The zero-order chi connectivity index (χ0) is 13.4. The van der Waals surface area contributed by atoms with Crippen molar-refractivity contribution in [2.45, 2.75) is 40.0 Å². The number of hydrogen-bond acceptors (Lipinski definition) is 2. The Kier molecular flexibility index (Phi) is 7.39. The highest BCUT2D eigenvalue weighted by Gasteiger charge is 2.17. The summed E-state index contributed by atoms with van der Waals surface area (Å²) in [5.74, 6) is 7.93. The second kappa shape index (κ2) is 8.56. The van der Waals surface area contributed by atoms with Crippen LogP contribution in [0.2, 0.25) is 0 Å². The Morgan fingerprint density at radius 3 is 2.44 bits per heavy atom. The summed E-state index contributed by atoms with van der Waals surface area (Å²) < 4.78 is 0. The molecule has 1 rings (SSSR count). The summed E-state index contributed by atoms with van der Waals surface area (Å²) in [4.78, 5) is 5.03. The van der Waals surface area contributed by atoms with E-state index in [4.69, 9.17) is 0 Å². The van der Waals surface area contributed by atoms with Crippen molar-refractivity contribution in [2.75, 3.05) is 39.8 Å². The normalized spacial score (nSPS) is 18.1. The third kappa shape index (κ3) is 6.42. The van der Waals surface area contributed by atoms with Gasteiger partial charge >= 0.3 is 0 Å². The molecule has 0 radical (unpaired) electrons. The lowest BCUT2D eigenvalue weighted by Crippen LogP contribution is -2.38. The van der Waals surface area contributed by atoms with Crippen LogP contribution in [0.5, 0.6) is 0 Å². The van der Waals surface area contributed by atoms with Crippen molar-refractivity contribution in [3.05, 3.63) is 0 Å². The van der Waals surface area contributed by atoms with E-state index < -0.39 is 0 Å². The largest absolute Gasteiger partial charge is 0.305 e. The Morgan fingerprint density at radius 1 is 1.22 bits per heavy atom. The Labute approximate surface area is 114 Å². The van der Waals surface area contributed by atoms with Crippen LogP contribution in [0, 0.1) is 23.7 Å². The average molecular weight is 250 g/mol. The van der Waals surface area contributed by atoms with Gasteiger partial charge in [0.2, 0.25) is 0 Å². The Morgan fingerprint density at radius 2 is 1.89 bits per heavy atom. The summed E-state index contributed by atoms with van der Waals surface area (Å²) in [6, 6.07) is 0. The molecule has 0 saturated carbocycles. The van der Waals surface area contributed by atoms with Crippen molar-refractivity contribution >= 4 is 0 Å². The number of likely N-dealkylation sites (N-methyl/N-ethyl adjacent to an activating group) is 1. The van der Waals surface area contributed by atoms with Crippen molar-refractivity contribution < 1.29 is 0 Å². The fraction of sp³-hybridized carbons (Fsp3) is 0.875. The van der Waals surface area contributed by atoms with Crippen LogP contribution in [0.15, 0.2) is 0 Å². The van der Waals surface area contributed by atoms with Gasteiger partial charge in [0, 0.05) is 24.9 Å². The second-order valence-corrected chi connectivity index (χ2v) is 5.86. The number of nitrogens with zero attached hydrogens (tertiary/aromatic N) is 2. The van der Waals surface area contributed by atoms with Crippen LogP contribution in [0.3, 0.4) is 0 Å². The first-order valence-corrected chi connectivity index (χ1v) is 7.53. The number of piperidine rings is 1. The maximum absolute atomic E-state index is 3.44. The smallest absolute Gasteiger partial charge is 0.0227 e. The SMILES string of the molecule is CCCN(C)CCN1CCC(C#CC(C)C)CC1. The standard InChI is InChI=1S/C16H30N2/c1-5-10-17(4)13-14-18-11-8-16(9-12-18)7-6-15(2)3/h15-16H,5,8-14H2,1-4H3. The predicted molar refractivity (Wildman–Crippen MR) is 79.6 cm³/mol. The van der Waals surface area contributed by atoms with Crippen molar-refractivity contribution in [3.63, 3.8) is 0 Å². The molecular formula is C16H30N2. The molecule has 0 bridgehead atoms. The molecule has 0 aliphatic carbocycles. The van der Waals surface area contributed by atoms with Crippen LogP contribution >= 0.6 is 0 Å². The fourth-order valence-corrected chi connectivity index (χ4v) is 2.39. The summed E-state index contributed by atoms with van der Waals surface area (Å²) in [7, 11) is 2.23. The van der Waals surface area contributed by atoms with Gasteiger partial charge in [0.25, 0.3) is 0 Å². The Balaban J connectivity index is 2.18. The fourth-order valence-electron chi connectivity index (χ4n) is 2.39. The minimum atomic E-state index is 0.519. The van der Waals surface area contributed by atoms with E-state index in [9.17, 15) is 0 Å². The molecule has 104 valence electrons. The molecule has 2 nitrogen and oxygen atoms in total. The van der Waals surface area contributed by atoms with E-state index in [1.165, 1.54) is 52.0 Å². The molecule has 1 fully saturated rings. The molecule has 2 heteroatoms. The van der Waals surface area contributed by atoms with Crippen molar-refractivity contribution in [1.82, 2.24) is 9.80 Å². The minimum Gasteiger partial charge on any atom is -0.305 e. The molecule has 1 heterocycles. The maximum Gasteiger partial charge on any atom is 0.0227 e. The molecule has 0 amide bonds. The molecule has 1 saturated heterocycles. The molecule has 1 aliphatic heterocycles. The van der Waals surface area contributed by atoms with E-state index in [2.05, 4.69) is 49.5 Å². The van der Waals surface area contributed by atoms with E-state index in [1.54, 1.807) is 0 Å². The van der Waals surface area contributed by atoms with Gasteiger partial charge in [0.1, 0.15) is 0 Å². The van der Waals surface area contributed by atoms with Gasteiger partial charge < -0.3 is 9.80 Å². The van der Waals surface area contributed by atoms with Crippen LogP contribution in [0.1, 0.15) is 40.0 Å². The van der Waals surface area contributed by atoms with Gasteiger partial charge in [-0.2, -0.15) is 0 Å². The molecule has 18 heavy (non-hydrogen) atoms. The van der Waals surface area contributed by atoms with Crippen molar-refractivity contribution in [2.24, 2.45) is 11.8 Å². The van der Waals surface area contributed by atoms with Gasteiger partial charge in [-0.1, -0.05) is 26.7 Å². The van der Waals surface area contributed by atoms with Crippen LogP contribution < -0.4 is 0 Å². The summed E-state index contributed by atoms with van der Waals surface area (Å²) in [6.45, 7) is 12.7. The number of hydrogen-bond donors (Lipinski definition) is 0. The lowest BCUT2D eigenvalue weighted by Gasteiger charge is -2.31. The third-order valence-electron chi connectivity index (χ3n) is 3.57. The van der Waals surface area contributed by atoms with E-state index in [1.807, 2.05) is 0 Å². The first-order valence-electron chi connectivity index (χ1n) is 7.53. The zero-order valence-corrected chi connectivity index (χ0v) is 12.7. The quantitative estimate of drug-likeness (QED) is 0.692. The highest BCUT2D eigenvalue weighted by Crippen LogP contribution is 2.16. The van der Waals surface area contributed by atoms with E-state index in [-0.39, 0.29) is 0 Å². The molecule has 0 spiro atoms. The lowest BCUT2D eigenvalue weighted by molar-refractivity contribution is 0.181. The Hall–Kier alpha value is -0.520. The molecule has 0 N–H and O–H groups in total. The number of rotatable bonds is 5. The van der Waals surface area contributed by atoms with Gasteiger partial charge in [-0.15, -0.1) is 5.92 Å². The van der Waals surface area contributed by atoms with E-state index >= 15 is 0 Å².